The van der Waals surface area contributed by atoms with Gasteiger partial charge in [0.05, 0.1) is 17.6 Å². The Morgan fingerprint density at radius 3 is 2.46 bits per heavy atom. The quantitative estimate of drug-likeness (QED) is 0.191. The minimum Gasteiger partial charge on any atom is -0.493 e. The van der Waals surface area contributed by atoms with Gasteiger partial charge in [0.2, 0.25) is 0 Å². The van der Waals surface area contributed by atoms with Crippen molar-refractivity contribution in [1.29, 1.82) is 0 Å². The van der Waals surface area contributed by atoms with Crippen LogP contribution in [0, 0.1) is 10.1 Å². The summed E-state index contributed by atoms with van der Waals surface area (Å²) < 4.78 is 21.9. The Balaban J connectivity index is 1.51. The van der Waals surface area contributed by atoms with Gasteiger partial charge >= 0.3 is 11.3 Å². The Bertz CT molecular complexity index is 1700. The number of nitro benzene ring substituents is 1. The van der Waals surface area contributed by atoms with E-state index in [1.54, 1.807) is 54.6 Å². The molecule has 0 saturated heterocycles. The molecule has 0 saturated carbocycles. The second-order valence-corrected chi connectivity index (χ2v) is 7.68. The Kier molecular flexibility index (Phi) is 5.50. The minimum atomic E-state index is -0.634. The van der Waals surface area contributed by atoms with Crippen molar-refractivity contribution >= 4 is 27.6 Å². The summed E-state index contributed by atoms with van der Waals surface area (Å²) in [5.74, 6) is 0.852. The van der Waals surface area contributed by atoms with Gasteiger partial charge in [0, 0.05) is 40.6 Å². The van der Waals surface area contributed by atoms with Crippen LogP contribution in [0.2, 0.25) is 0 Å². The molecule has 9 heteroatoms. The molecule has 0 N–H and O–H groups in total. The lowest BCUT2D eigenvalue weighted by atomic mass is 10.0. The van der Waals surface area contributed by atoms with Crippen molar-refractivity contribution in [3.63, 3.8) is 0 Å². The van der Waals surface area contributed by atoms with E-state index in [-0.39, 0.29) is 23.4 Å². The first-order chi connectivity index (χ1) is 16.9. The number of para-hydroxylation sites is 1. The van der Waals surface area contributed by atoms with Gasteiger partial charge in [-0.1, -0.05) is 12.1 Å². The van der Waals surface area contributed by atoms with Crippen LogP contribution in [-0.4, -0.2) is 12.0 Å². The Morgan fingerprint density at radius 1 is 0.914 bits per heavy atom. The highest BCUT2D eigenvalue weighted by Gasteiger charge is 2.16. The van der Waals surface area contributed by atoms with Crippen LogP contribution < -0.4 is 20.7 Å². The molecule has 5 aromatic rings. The summed E-state index contributed by atoms with van der Waals surface area (Å²) in [4.78, 5) is 35.5. The van der Waals surface area contributed by atoms with Crippen molar-refractivity contribution < 1.29 is 23.2 Å². The highest BCUT2D eigenvalue weighted by atomic mass is 16.6. The number of non-ortho nitro benzene ring substituents is 1. The maximum Gasteiger partial charge on any atom is 0.344 e. The predicted molar refractivity (Wildman–Crippen MR) is 128 cm³/mol. The van der Waals surface area contributed by atoms with E-state index >= 15 is 0 Å². The molecule has 3 aromatic carbocycles. The smallest absolute Gasteiger partial charge is 0.344 e. The number of benzene rings is 3. The average molecular weight is 471 g/mol. The van der Waals surface area contributed by atoms with E-state index in [1.165, 1.54) is 25.3 Å². The van der Waals surface area contributed by atoms with Crippen LogP contribution in [0.5, 0.6) is 11.5 Å². The first kappa shape index (κ1) is 21.9. The summed E-state index contributed by atoms with van der Waals surface area (Å²) in [6.45, 7) is 0.156. The second-order valence-electron chi connectivity index (χ2n) is 7.68. The van der Waals surface area contributed by atoms with E-state index in [2.05, 4.69) is 0 Å². The zero-order valence-corrected chi connectivity index (χ0v) is 18.3. The van der Waals surface area contributed by atoms with E-state index in [0.29, 0.717) is 33.4 Å². The van der Waals surface area contributed by atoms with Crippen molar-refractivity contribution in [3.05, 3.63) is 109 Å². The van der Waals surface area contributed by atoms with E-state index in [9.17, 15) is 19.7 Å². The van der Waals surface area contributed by atoms with Crippen LogP contribution >= 0.6 is 0 Å². The molecule has 0 radical (unpaired) electrons. The number of nitro groups is 1. The molecule has 2 heterocycles. The van der Waals surface area contributed by atoms with Crippen molar-refractivity contribution in [1.82, 2.24) is 0 Å². The summed E-state index contributed by atoms with van der Waals surface area (Å²) in [5.41, 5.74) is 0.606. The first-order valence-electron chi connectivity index (χ1n) is 10.5. The van der Waals surface area contributed by atoms with Crippen LogP contribution in [0.4, 0.5) is 5.69 Å². The number of methoxy groups -OCH3 is 1. The molecular weight excluding hydrogens is 454 g/mol. The Hall–Kier alpha value is -4.92. The zero-order valence-electron chi connectivity index (χ0n) is 18.3. The van der Waals surface area contributed by atoms with Gasteiger partial charge in [0.25, 0.3) is 5.69 Å². The van der Waals surface area contributed by atoms with Crippen molar-refractivity contribution in [2.24, 2.45) is 0 Å². The third kappa shape index (κ3) is 4.22. The fraction of sp³-hybridized carbons (Fsp3) is 0.0769. The van der Waals surface area contributed by atoms with E-state index in [1.807, 2.05) is 0 Å². The number of nitrogens with zero attached hydrogens (tertiary/aromatic N) is 1. The number of fused-ring (bicyclic) bond motifs is 2. The van der Waals surface area contributed by atoms with E-state index in [0.717, 1.165) is 5.56 Å². The van der Waals surface area contributed by atoms with E-state index < -0.39 is 16.2 Å². The molecule has 0 atom stereocenters. The van der Waals surface area contributed by atoms with Crippen LogP contribution in [0.15, 0.2) is 91.2 Å². The lowest BCUT2D eigenvalue weighted by Gasteiger charge is -2.10. The molecule has 174 valence electrons. The van der Waals surface area contributed by atoms with Gasteiger partial charge < -0.3 is 18.3 Å². The lowest BCUT2D eigenvalue weighted by molar-refractivity contribution is -0.384. The van der Waals surface area contributed by atoms with Gasteiger partial charge in [-0.25, -0.2) is 9.59 Å². The monoisotopic (exact) mass is 471 g/mol. The second kappa shape index (κ2) is 8.79. The maximum atomic E-state index is 12.8. The third-order valence-corrected chi connectivity index (χ3v) is 5.50. The standard InChI is InChI=1S/C26H17NO8/c1-32-22-4-2-3-16-11-21(26(29)35-25(16)22)20-13-24(28)34-23-12-18(9-10-19(20)23)33-14-15-5-7-17(8-6-15)27(30)31/h2-13H,14H2,1H3. The molecule has 0 aliphatic carbocycles. The van der Waals surface area contributed by atoms with Crippen molar-refractivity contribution in [3.8, 4) is 22.6 Å². The summed E-state index contributed by atoms with van der Waals surface area (Å²) in [6, 6.07) is 19.1. The molecule has 2 aromatic heterocycles. The Labute approximate surface area is 196 Å². The van der Waals surface area contributed by atoms with Crippen LogP contribution in [0.3, 0.4) is 0 Å². The van der Waals surface area contributed by atoms with Crippen LogP contribution in [0.25, 0.3) is 33.1 Å². The number of hydrogen-bond donors (Lipinski definition) is 0. The average Bonchev–Trinajstić information content (AvgIpc) is 2.86. The van der Waals surface area contributed by atoms with Gasteiger partial charge in [0.1, 0.15) is 17.9 Å². The van der Waals surface area contributed by atoms with Crippen molar-refractivity contribution in [2.45, 2.75) is 6.61 Å². The molecule has 0 amide bonds. The van der Waals surface area contributed by atoms with Gasteiger partial charge in [-0.05, 0) is 42.0 Å². The van der Waals surface area contributed by atoms with Crippen LogP contribution in [-0.2, 0) is 6.61 Å². The maximum absolute atomic E-state index is 12.8. The minimum absolute atomic E-state index is 0.00892. The molecule has 5 rings (SSSR count). The fourth-order valence-corrected chi connectivity index (χ4v) is 3.80. The molecule has 0 spiro atoms. The first-order valence-corrected chi connectivity index (χ1v) is 10.5. The highest BCUT2D eigenvalue weighted by Crippen LogP contribution is 2.32. The normalized spacial score (nSPS) is 11.0. The number of rotatable bonds is 6. The van der Waals surface area contributed by atoms with Gasteiger partial charge in [-0.3, -0.25) is 10.1 Å². The fourth-order valence-electron chi connectivity index (χ4n) is 3.80. The SMILES string of the molecule is COc1cccc2cc(-c3cc(=O)oc4cc(OCc5ccc([N+](=O)[O-])cc5)ccc34)c(=O)oc12. The van der Waals surface area contributed by atoms with Crippen LogP contribution in [0.1, 0.15) is 5.56 Å². The molecular formula is C26H17NO8. The molecule has 35 heavy (non-hydrogen) atoms. The molecule has 0 aliphatic rings. The van der Waals surface area contributed by atoms with Crippen molar-refractivity contribution in [2.75, 3.05) is 7.11 Å². The molecule has 0 fully saturated rings. The summed E-state index contributed by atoms with van der Waals surface area (Å²) >= 11 is 0. The topological polar surface area (TPSA) is 122 Å². The van der Waals surface area contributed by atoms with Gasteiger partial charge in [-0.2, -0.15) is 0 Å². The lowest BCUT2D eigenvalue weighted by Crippen LogP contribution is -2.07. The Morgan fingerprint density at radius 2 is 1.71 bits per heavy atom. The van der Waals surface area contributed by atoms with Gasteiger partial charge in [0.15, 0.2) is 11.3 Å². The summed E-state index contributed by atoms with van der Waals surface area (Å²) in [7, 11) is 1.49. The zero-order chi connectivity index (χ0) is 24.5. The largest absolute Gasteiger partial charge is 0.493 e. The summed E-state index contributed by atoms with van der Waals surface area (Å²) in [6.07, 6.45) is 0. The third-order valence-electron chi connectivity index (χ3n) is 5.50. The number of hydrogen-bond acceptors (Lipinski definition) is 8. The molecule has 0 bridgehead atoms. The molecule has 0 aliphatic heterocycles. The highest BCUT2D eigenvalue weighted by molar-refractivity contribution is 5.96. The van der Waals surface area contributed by atoms with Gasteiger partial charge in [-0.15, -0.1) is 0 Å². The summed E-state index contributed by atoms with van der Waals surface area (Å²) in [5, 5.41) is 12.0. The predicted octanol–water partition coefficient (Wildman–Crippen LogP) is 5.06. The molecule has 9 nitrogen and oxygen atoms in total. The van der Waals surface area contributed by atoms with E-state index in [4.69, 9.17) is 18.3 Å². The number of ether oxygens (including phenoxy) is 2. The molecule has 0 unspecified atom stereocenters.